The third-order valence-corrected chi connectivity index (χ3v) is 6.34. The number of carbonyl (C=O) groups is 1. The summed E-state index contributed by atoms with van der Waals surface area (Å²) >= 11 is 0. The highest BCUT2D eigenvalue weighted by Crippen LogP contribution is 2.38. The highest BCUT2D eigenvalue weighted by Gasteiger charge is 2.35. The van der Waals surface area contributed by atoms with E-state index in [1.807, 2.05) is 71.6 Å². The average Bonchev–Trinajstić information content (AvgIpc) is 3.45. The van der Waals surface area contributed by atoms with Crippen molar-refractivity contribution < 1.29 is 19.0 Å². The van der Waals surface area contributed by atoms with Gasteiger partial charge in [0.05, 0.1) is 17.6 Å². The average molecular weight is 456 g/mol. The minimum atomic E-state index is -0.00942. The normalized spacial score (nSPS) is 17.4. The first-order valence-corrected chi connectivity index (χ1v) is 11.6. The minimum Gasteiger partial charge on any atom is -0.492 e. The number of anilines is 1. The number of amides is 1. The number of ether oxygens (including phenoxy) is 3. The number of benzene rings is 3. The molecule has 0 spiro atoms. The number of carbonyl (C=O) groups excluding carboxylic acids is 1. The number of nitrogens with zero attached hydrogens (tertiary/aromatic N) is 3. The summed E-state index contributed by atoms with van der Waals surface area (Å²) in [6.45, 7) is 2.80. The van der Waals surface area contributed by atoms with Crippen LogP contribution >= 0.6 is 0 Å². The topological polar surface area (TPSA) is 65.8 Å². The van der Waals surface area contributed by atoms with Gasteiger partial charge in [0.25, 0.3) is 0 Å². The van der Waals surface area contributed by atoms with E-state index in [1.165, 1.54) is 0 Å². The molecule has 1 aromatic heterocycles. The van der Waals surface area contributed by atoms with Crippen LogP contribution in [0.4, 0.5) is 5.69 Å². The molecule has 3 heterocycles. The molecule has 0 radical (unpaired) electrons. The van der Waals surface area contributed by atoms with Crippen molar-refractivity contribution in [3.05, 3.63) is 78.6 Å². The molecule has 1 atom stereocenters. The maximum atomic E-state index is 13.0. The van der Waals surface area contributed by atoms with Gasteiger partial charge in [-0.1, -0.05) is 30.3 Å². The summed E-state index contributed by atoms with van der Waals surface area (Å²) in [6, 6.07) is 23.6. The van der Waals surface area contributed by atoms with E-state index >= 15 is 0 Å². The summed E-state index contributed by atoms with van der Waals surface area (Å²) in [5, 5.41) is 0. The molecular formula is C27H25N3O4. The molecule has 3 aromatic carbocycles. The number of imidazole rings is 1. The fourth-order valence-corrected chi connectivity index (χ4v) is 4.74. The van der Waals surface area contributed by atoms with Gasteiger partial charge in [0.15, 0.2) is 11.5 Å². The van der Waals surface area contributed by atoms with Crippen molar-refractivity contribution >= 4 is 22.6 Å². The molecule has 0 aliphatic carbocycles. The molecule has 172 valence electrons. The summed E-state index contributed by atoms with van der Waals surface area (Å²) in [5.74, 6) is 3.25. The van der Waals surface area contributed by atoms with Crippen LogP contribution in [0.5, 0.6) is 17.2 Å². The Balaban J connectivity index is 1.26. The summed E-state index contributed by atoms with van der Waals surface area (Å²) < 4.78 is 19.5. The van der Waals surface area contributed by atoms with Gasteiger partial charge in [-0.3, -0.25) is 4.79 Å². The van der Waals surface area contributed by atoms with E-state index in [1.54, 1.807) is 0 Å². The number of hydrogen-bond acceptors (Lipinski definition) is 5. The number of fused-ring (bicyclic) bond motifs is 2. The standard InChI is InChI=1S/C27H25N3O4/c31-26-16-19(18-30(26)20-10-11-24-25(17-20)34-15-14-33-24)27-28-22-8-4-5-9-23(22)29(27)12-13-32-21-6-2-1-3-7-21/h1-11,17,19H,12-16,18H2. The Hall–Kier alpha value is -4.00. The Bertz CT molecular complexity index is 1330. The molecule has 2 aliphatic rings. The van der Waals surface area contributed by atoms with E-state index in [4.69, 9.17) is 19.2 Å². The third-order valence-electron chi connectivity index (χ3n) is 6.34. The lowest BCUT2D eigenvalue weighted by Crippen LogP contribution is -2.25. The first kappa shape index (κ1) is 20.6. The van der Waals surface area contributed by atoms with Gasteiger partial charge < -0.3 is 23.7 Å². The van der Waals surface area contributed by atoms with E-state index in [0.29, 0.717) is 45.1 Å². The number of para-hydroxylation sites is 3. The van der Waals surface area contributed by atoms with E-state index < -0.39 is 0 Å². The van der Waals surface area contributed by atoms with Crippen molar-refractivity contribution in [1.29, 1.82) is 0 Å². The van der Waals surface area contributed by atoms with Gasteiger partial charge in [-0.25, -0.2) is 4.98 Å². The van der Waals surface area contributed by atoms with Crippen LogP contribution in [-0.4, -0.2) is 41.8 Å². The second-order valence-electron chi connectivity index (χ2n) is 8.51. The van der Waals surface area contributed by atoms with Crippen LogP contribution in [0.2, 0.25) is 0 Å². The van der Waals surface area contributed by atoms with Crippen LogP contribution < -0.4 is 19.1 Å². The summed E-state index contributed by atoms with van der Waals surface area (Å²) in [7, 11) is 0. The van der Waals surface area contributed by atoms with Crippen LogP contribution in [-0.2, 0) is 11.3 Å². The lowest BCUT2D eigenvalue weighted by molar-refractivity contribution is -0.117. The van der Waals surface area contributed by atoms with Crippen molar-refractivity contribution in [3.8, 4) is 17.2 Å². The molecule has 0 saturated carbocycles. The van der Waals surface area contributed by atoms with Crippen molar-refractivity contribution in [2.24, 2.45) is 0 Å². The number of rotatable bonds is 6. The van der Waals surface area contributed by atoms with Gasteiger partial charge in [-0.05, 0) is 36.4 Å². The van der Waals surface area contributed by atoms with Crippen molar-refractivity contribution in [2.45, 2.75) is 18.9 Å². The summed E-state index contributed by atoms with van der Waals surface area (Å²) in [6.07, 6.45) is 0.414. The van der Waals surface area contributed by atoms with Gasteiger partial charge in [0, 0.05) is 30.6 Å². The molecule has 7 nitrogen and oxygen atoms in total. The molecular weight excluding hydrogens is 430 g/mol. The van der Waals surface area contributed by atoms with Gasteiger partial charge in [0.2, 0.25) is 5.91 Å². The van der Waals surface area contributed by atoms with E-state index in [2.05, 4.69) is 10.6 Å². The zero-order valence-corrected chi connectivity index (χ0v) is 18.7. The molecule has 1 fully saturated rings. The molecule has 1 amide bonds. The number of aromatic nitrogens is 2. The molecule has 7 heteroatoms. The van der Waals surface area contributed by atoms with Gasteiger partial charge in [-0.15, -0.1) is 0 Å². The molecule has 1 saturated heterocycles. The predicted molar refractivity (Wildman–Crippen MR) is 129 cm³/mol. The smallest absolute Gasteiger partial charge is 0.227 e. The van der Waals surface area contributed by atoms with E-state index in [-0.39, 0.29) is 11.8 Å². The molecule has 6 rings (SSSR count). The SMILES string of the molecule is O=C1CC(c2nc3ccccc3n2CCOc2ccccc2)CN1c1ccc2c(c1)OCCO2. The maximum Gasteiger partial charge on any atom is 0.227 e. The highest BCUT2D eigenvalue weighted by atomic mass is 16.6. The Morgan fingerprint density at radius 3 is 2.62 bits per heavy atom. The Morgan fingerprint density at radius 1 is 0.941 bits per heavy atom. The van der Waals surface area contributed by atoms with Gasteiger partial charge in [0.1, 0.15) is 31.4 Å². The predicted octanol–water partition coefficient (Wildman–Crippen LogP) is 4.41. The van der Waals surface area contributed by atoms with Gasteiger partial charge in [-0.2, -0.15) is 0 Å². The maximum absolute atomic E-state index is 13.0. The fraction of sp³-hybridized carbons (Fsp3) is 0.259. The first-order valence-electron chi connectivity index (χ1n) is 11.6. The van der Waals surface area contributed by atoms with Crippen molar-refractivity contribution in [3.63, 3.8) is 0 Å². The fourth-order valence-electron chi connectivity index (χ4n) is 4.74. The van der Waals surface area contributed by atoms with Crippen LogP contribution in [0.1, 0.15) is 18.2 Å². The van der Waals surface area contributed by atoms with Crippen molar-refractivity contribution in [2.75, 3.05) is 31.3 Å². The van der Waals surface area contributed by atoms with Crippen LogP contribution in [0.15, 0.2) is 72.8 Å². The second kappa shape index (κ2) is 8.74. The van der Waals surface area contributed by atoms with E-state index in [9.17, 15) is 4.79 Å². The molecule has 2 aliphatic heterocycles. The zero-order valence-electron chi connectivity index (χ0n) is 18.7. The van der Waals surface area contributed by atoms with Crippen LogP contribution in [0.3, 0.4) is 0 Å². The largest absolute Gasteiger partial charge is 0.492 e. The highest BCUT2D eigenvalue weighted by molar-refractivity contribution is 5.97. The third kappa shape index (κ3) is 3.83. The Labute approximate surface area is 197 Å². The first-order chi connectivity index (χ1) is 16.8. The van der Waals surface area contributed by atoms with Gasteiger partial charge >= 0.3 is 0 Å². The van der Waals surface area contributed by atoms with Crippen molar-refractivity contribution in [1.82, 2.24) is 9.55 Å². The number of hydrogen-bond donors (Lipinski definition) is 0. The van der Waals surface area contributed by atoms with E-state index in [0.717, 1.165) is 34.0 Å². The lowest BCUT2D eigenvalue weighted by atomic mass is 10.1. The summed E-state index contributed by atoms with van der Waals surface area (Å²) in [4.78, 5) is 19.8. The Kier molecular flexibility index (Phi) is 5.30. The molecule has 34 heavy (non-hydrogen) atoms. The monoisotopic (exact) mass is 455 g/mol. The van der Waals surface area contributed by atoms with Crippen LogP contribution in [0.25, 0.3) is 11.0 Å². The molecule has 4 aromatic rings. The zero-order chi connectivity index (χ0) is 22.9. The lowest BCUT2D eigenvalue weighted by Gasteiger charge is -2.22. The summed E-state index contributed by atoms with van der Waals surface area (Å²) in [5.41, 5.74) is 2.81. The molecule has 0 bridgehead atoms. The minimum absolute atomic E-state index is 0.00942. The Morgan fingerprint density at radius 2 is 1.74 bits per heavy atom. The molecule has 0 N–H and O–H groups in total. The molecule has 1 unspecified atom stereocenters. The quantitative estimate of drug-likeness (QED) is 0.431. The second-order valence-corrected chi connectivity index (χ2v) is 8.51. The van der Waals surface area contributed by atoms with Crippen LogP contribution in [0, 0.1) is 0 Å².